The highest BCUT2D eigenvalue weighted by Gasteiger charge is 2.31. The molecule has 0 radical (unpaired) electrons. The molecule has 1 atom stereocenters. The molecule has 0 aliphatic carbocycles. The summed E-state index contributed by atoms with van der Waals surface area (Å²) >= 11 is 0. The molecule has 0 saturated carbocycles. The van der Waals surface area contributed by atoms with Crippen LogP contribution in [0, 0.1) is 22.5 Å². The zero-order valence-electron chi connectivity index (χ0n) is 9.36. The third-order valence-electron chi connectivity index (χ3n) is 2.87. The molecule has 4 heteroatoms. The Morgan fingerprint density at radius 3 is 2.69 bits per heavy atom. The van der Waals surface area contributed by atoms with E-state index in [1.54, 1.807) is 19.1 Å². The maximum Gasteiger partial charge on any atom is 0.296 e. The maximum absolute atomic E-state index is 11.0. The number of benzene rings is 1. The van der Waals surface area contributed by atoms with Gasteiger partial charge >= 0.3 is 0 Å². The minimum Gasteiger partial charge on any atom is -0.393 e. The van der Waals surface area contributed by atoms with Gasteiger partial charge in [-0.2, -0.15) is 0 Å². The number of nitro groups is 1. The first-order valence-electron chi connectivity index (χ1n) is 4.97. The fraction of sp³-hybridized carbons (Fsp3) is 0.333. The molecule has 4 nitrogen and oxygen atoms in total. The third-order valence-corrected chi connectivity index (χ3v) is 2.87. The Morgan fingerprint density at radius 2 is 2.25 bits per heavy atom. The van der Waals surface area contributed by atoms with Gasteiger partial charge < -0.3 is 5.73 Å². The van der Waals surface area contributed by atoms with E-state index in [4.69, 9.17) is 12.2 Å². The summed E-state index contributed by atoms with van der Waals surface area (Å²) in [6.45, 7) is 3.70. The molecule has 1 rings (SSSR count). The number of hydrogen-bond donors (Lipinski definition) is 1. The number of anilines is 1. The molecule has 0 saturated heterocycles. The van der Waals surface area contributed by atoms with Gasteiger partial charge in [-0.05, 0) is 19.4 Å². The zero-order valence-corrected chi connectivity index (χ0v) is 9.36. The molecule has 0 amide bonds. The first-order valence-corrected chi connectivity index (χ1v) is 4.97. The second kappa shape index (κ2) is 4.23. The van der Waals surface area contributed by atoms with Gasteiger partial charge in [0.15, 0.2) is 0 Å². The standard InChI is InChI=1S/C12H14N2O2/c1-4-12(3,5-2)9-7-6-8-10(13)11(9)14(15)16/h1,6-8H,5,13H2,2-3H3. The van der Waals surface area contributed by atoms with E-state index in [1.807, 2.05) is 6.92 Å². The molecule has 1 unspecified atom stereocenters. The largest absolute Gasteiger partial charge is 0.393 e. The quantitative estimate of drug-likeness (QED) is 0.366. The van der Waals surface area contributed by atoms with Gasteiger partial charge in [0, 0.05) is 5.56 Å². The van der Waals surface area contributed by atoms with Crippen molar-refractivity contribution >= 4 is 11.4 Å². The molecule has 84 valence electrons. The van der Waals surface area contributed by atoms with Crippen molar-refractivity contribution in [2.45, 2.75) is 25.7 Å². The van der Waals surface area contributed by atoms with E-state index in [2.05, 4.69) is 5.92 Å². The average Bonchev–Trinajstić information content (AvgIpc) is 2.27. The summed E-state index contributed by atoms with van der Waals surface area (Å²) in [7, 11) is 0. The second-order valence-corrected chi connectivity index (χ2v) is 3.83. The van der Waals surface area contributed by atoms with Crippen LogP contribution in [-0.2, 0) is 5.41 Å². The number of nitro benzene ring substituents is 1. The van der Waals surface area contributed by atoms with Gasteiger partial charge in [-0.3, -0.25) is 10.1 Å². The molecule has 0 spiro atoms. The first-order chi connectivity index (χ1) is 7.46. The Balaban J connectivity index is 3.52. The molecule has 0 aliphatic heterocycles. The van der Waals surface area contributed by atoms with Gasteiger partial charge in [0.05, 0.1) is 10.3 Å². The Kier molecular flexibility index (Phi) is 3.19. The molecular weight excluding hydrogens is 204 g/mol. The van der Waals surface area contributed by atoms with E-state index < -0.39 is 10.3 Å². The van der Waals surface area contributed by atoms with Gasteiger partial charge in [-0.25, -0.2) is 0 Å². The lowest BCUT2D eigenvalue weighted by Gasteiger charge is -2.22. The van der Waals surface area contributed by atoms with E-state index >= 15 is 0 Å². The summed E-state index contributed by atoms with van der Waals surface area (Å²) in [5.74, 6) is 2.61. The van der Waals surface area contributed by atoms with E-state index in [1.165, 1.54) is 6.07 Å². The van der Waals surface area contributed by atoms with E-state index in [0.29, 0.717) is 12.0 Å². The van der Waals surface area contributed by atoms with Crippen LogP contribution in [0.2, 0.25) is 0 Å². The zero-order chi connectivity index (χ0) is 12.3. The highest BCUT2D eigenvalue weighted by Crippen LogP contribution is 2.37. The van der Waals surface area contributed by atoms with Crippen molar-refractivity contribution in [1.82, 2.24) is 0 Å². The maximum atomic E-state index is 11.0. The predicted octanol–water partition coefficient (Wildman–Crippen LogP) is 2.48. The fourth-order valence-corrected chi connectivity index (χ4v) is 1.58. The van der Waals surface area contributed by atoms with Gasteiger partial charge in [-0.1, -0.05) is 25.0 Å². The molecule has 1 aromatic carbocycles. The first kappa shape index (κ1) is 12.1. The number of hydrogen-bond acceptors (Lipinski definition) is 3. The number of nitrogens with zero attached hydrogens (tertiary/aromatic N) is 1. The van der Waals surface area contributed by atoms with Crippen LogP contribution < -0.4 is 5.73 Å². The van der Waals surface area contributed by atoms with Crippen LogP contribution in [0.3, 0.4) is 0 Å². The summed E-state index contributed by atoms with van der Waals surface area (Å²) in [4.78, 5) is 10.5. The summed E-state index contributed by atoms with van der Waals surface area (Å²) < 4.78 is 0. The van der Waals surface area contributed by atoms with Gasteiger partial charge in [0.1, 0.15) is 5.69 Å². The highest BCUT2D eigenvalue weighted by atomic mass is 16.6. The highest BCUT2D eigenvalue weighted by molar-refractivity contribution is 5.65. The van der Waals surface area contributed by atoms with Crippen molar-refractivity contribution in [3.63, 3.8) is 0 Å². The van der Waals surface area contributed by atoms with Crippen LogP contribution in [0.4, 0.5) is 11.4 Å². The minimum absolute atomic E-state index is 0.0789. The number of terminal acetylenes is 1. The topological polar surface area (TPSA) is 69.2 Å². The van der Waals surface area contributed by atoms with E-state index in [0.717, 1.165) is 0 Å². The number of nitrogen functional groups attached to an aromatic ring is 1. The van der Waals surface area contributed by atoms with Crippen molar-refractivity contribution in [3.8, 4) is 12.3 Å². The summed E-state index contributed by atoms with van der Waals surface area (Å²) in [5.41, 5.74) is 5.54. The molecule has 0 aliphatic rings. The lowest BCUT2D eigenvalue weighted by Crippen LogP contribution is -2.20. The third kappa shape index (κ3) is 1.84. The van der Waals surface area contributed by atoms with Crippen LogP contribution in [-0.4, -0.2) is 4.92 Å². The molecule has 16 heavy (non-hydrogen) atoms. The summed E-state index contributed by atoms with van der Waals surface area (Å²) in [5, 5.41) is 11.0. The average molecular weight is 218 g/mol. The molecular formula is C12H14N2O2. The molecule has 0 bridgehead atoms. The van der Waals surface area contributed by atoms with Crippen molar-refractivity contribution in [2.24, 2.45) is 0 Å². The Hall–Kier alpha value is -2.02. The predicted molar refractivity (Wildman–Crippen MR) is 64.0 cm³/mol. The Morgan fingerprint density at radius 1 is 1.62 bits per heavy atom. The smallest absolute Gasteiger partial charge is 0.296 e. The van der Waals surface area contributed by atoms with Crippen LogP contribution >= 0.6 is 0 Å². The van der Waals surface area contributed by atoms with Crippen LogP contribution in [0.5, 0.6) is 0 Å². The number of rotatable bonds is 3. The molecule has 2 N–H and O–H groups in total. The van der Waals surface area contributed by atoms with Gasteiger partial charge in [0.25, 0.3) is 5.69 Å². The fourth-order valence-electron chi connectivity index (χ4n) is 1.58. The normalized spacial score (nSPS) is 13.8. The molecule has 0 fully saturated rings. The van der Waals surface area contributed by atoms with E-state index in [9.17, 15) is 10.1 Å². The molecule has 1 aromatic rings. The van der Waals surface area contributed by atoms with Gasteiger partial charge in [-0.15, -0.1) is 6.42 Å². The van der Waals surface area contributed by atoms with Crippen molar-refractivity contribution in [1.29, 1.82) is 0 Å². The van der Waals surface area contributed by atoms with Crippen LogP contribution in [0.1, 0.15) is 25.8 Å². The lowest BCUT2D eigenvalue weighted by molar-refractivity contribution is -0.384. The van der Waals surface area contributed by atoms with Crippen molar-refractivity contribution in [2.75, 3.05) is 5.73 Å². The van der Waals surface area contributed by atoms with E-state index in [-0.39, 0.29) is 11.4 Å². The molecule has 0 heterocycles. The van der Waals surface area contributed by atoms with Crippen LogP contribution in [0.15, 0.2) is 18.2 Å². The SMILES string of the molecule is C#CC(C)(CC)c1cccc(N)c1[N+](=O)[O-]. The number of nitrogens with two attached hydrogens (primary N) is 1. The van der Waals surface area contributed by atoms with Gasteiger partial charge in [0.2, 0.25) is 0 Å². The Bertz CT molecular complexity index is 463. The van der Waals surface area contributed by atoms with Crippen LogP contribution in [0.25, 0.3) is 0 Å². The summed E-state index contributed by atoms with van der Waals surface area (Å²) in [6.07, 6.45) is 6.07. The van der Waals surface area contributed by atoms with Crippen molar-refractivity contribution in [3.05, 3.63) is 33.9 Å². The summed E-state index contributed by atoms with van der Waals surface area (Å²) in [6, 6.07) is 4.86. The van der Waals surface area contributed by atoms with Crippen molar-refractivity contribution < 1.29 is 4.92 Å². The lowest BCUT2D eigenvalue weighted by atomic mass is 9.80. The molecule has 0 aromatic heterocycles. The minimum atomic E-state index is -0.655. The second-order valence-electron chi connectivity index (χ2n) is 3.83. The monoisotopic (exact) mass is 218 g/mol. The number of para-hydroxylation sites is 1. The Labute approximate surface area is 94.6 Å².